The van der Waals surface area contributed by atoms with Gasteiger partial charge in [-0.05, 0) is 54.8 Å². The lowest BCUT2D eigenvalue weighted by molar-refractivity contribution is 0.128. The largest absolute Gasteiger partial charge is 0.0625 e. The first-order valence-corrected chi connectivity index (χ1v) is 6.09. The van der Waals surface area contributed by atoms with E-state index in [0.717, 1.165) is 35.5 Å². The molecule has 0 spiro atoms. The van der Waals surface area contributed by atoms with E-state index in [1.165, 1.54) is 19.3 Å². The quantitative estimate of drug-likeness (QED) is 0.529. The lowest BCUT2D eigenvalue weighted by Crippen LogP contribution is -2.28. The van der Waals surface area contributed by atoms with E-state index in [1.54, 1.807) is 0 Å². The lowest BCUT2D eigenvalue weighted by Gasteiger charge is -2.37. The van der Waals surface area contributed by atoms with Crippen LogP contribution in [0, 0.1) is 35.5 Å². The fraction of sp³-hybridized carbons (Fsp3) is 1.00. The van der Waals surface area contributed by atoms with Gasteiger partial charge in [-0.15, -0.1) is 0 Å². The van der Waals surface area contributed by atoms with Crippen molar-refractivity contribution >= 4 is 0 Å². The zero-order valence-electron chi connectivity index (χ0n) is 9.59. The van der Waals surface area contributed by atoms with Crippen LogP contribution in [0.4, 0.5) is 0 Å². The predicted molar refractivity (Wildman–Crippen MR) is 57.5 cm³/mol. The molecule has 0 heterocycles. The summed E-state index contributed by atoms with van der Waals surface area (Å²) in [5.41, 5.74) is 0. The second-order valence-corrected chi connectivity index (χ2v) is 5.95. The molecule has 2 aliphatic rings. The van der Waals surface area contributed by atoms with Crippen molar-refractivity contribution in [1.82, 2.24) is 0 Å². The van der Waals surface area contributed by atoms with E-state index < -0.39 is 0 Å². The Kier molecular flexibility index (Phi) is 2.42. The van der Waals surface area contributed by atoms with E-state index in [1.807, 2.05) is 0 Å². The van der Waals surface area contributed by atoms with Gasteiger partial charge in [0.15, 0.2) is 0 Å². The third-order valence-electron chi connectivity index (χ3n) is 4.95. The van der Waals surface area contributed by atoms with Crippen molar-refractivity contribution in [2.75, 3.05) is 0 Å². The van der Waals surface area contributed by atoms with Crippen molar-refractivity contribution in [3.05, 3.63) is 0 Å². The average molecular weight is 180 g/mol. The number of hydrogen-bond acceptors (Lipinski definition) is 0. The van der Waals surface area contributed by atoms with Crippen molar-refractivity contribution in [1.29, 1.82) is 0 Å². The molecule has 0 N–H and O–H groups in total. The van der Waals surface area contributed by atoms with Crippen molar-refractivity contribution in [2.24, 2.45) is 35.5 Å². The van der Waals surface area contributed by atoms with Gasteiger partial charge in [0.05, 0.1) is 0 Å². The second kappa shape index (κ2) is 3.29. The molecule has 0 aromatic rings. The number of hydrogen-bond donors (Lipinski definition) is 0. The van der Waals surface area contributed by atoms with E-state index in [-0.39, 0.29) is 0 Å². The third-order valence-corrected chi connectivity index (χ3v) is 4.95. The molecule has 0 nitrogen and oxygen atoms in total. The summed E-state index contributed by atoms with van der Waals surface area (Å²) in [4.78, 5) is 0. The Morgan fingerprint density at radius 1 is 0.692 bits per heavy atom. The highest BCUT2D eigenvalue weighted by atomic mass is 14.5. The van der Waals surface area contributed by atoms with E-state index in [9.17, 15) is 0 Å². The molecule has 0 saturated heterocycles. The van der Waals surface area contributed by atoms with Crippen LogP contribution in [0.1, 0.15) is 47.0 Å². The molecule has 0 aliphatic heterocycles. The summed E-state index contributed by atoms with van der Waals surface area (Å²) in [7, 11) is 0. The Hall–Kier alpha value is 0. The maximum atomic E-state index is 2.49. The summed E-state index contributed by atoms with van der Waals surface area (Å²) < 4.78 is 0. The van der Waals surface area contributed by atoms with Gasteiger partial charge >= 0.3 is 0 Å². The monoisotopic (exact) mass is 180 g/mol. The first-order valence-electron chi connectivity index (χ1n) is 6.09. The molecule has 76 valence electrons. The lowest BCUT2D eigenvalue weighted by atomic mass is 9.69. The van der Waals surface area contributed by atoms with Gasteiger partial charge in [0.25, 0.3) is 0 Å². The standard InChI is InChI=1S/C13H24/c1-8-5-10(3)12-7-9(2)11(4)13(12)6-8/h8-13H,5-7H2,1-4H3/t8?,9?,10-,11?,12?,13?/m0/s1. The number of rotatable bonds is 0. The molecule has 2 saturated carbocycles. The zero-order chi connectivity index (χ0) is 9.59. The van der Waals surface area contributed by atoms with Crippen LogP contribution in [0.15, 0.2) is 0 Å². The van der Waals surface area contributed by atoms with Gasteiger partial charge in [0.1, 0.15) is 0 Å². The first kappa shape index (κ1) is 9.55. The van der Waals surface area contributed by atoms with E-state index >= 15 is 0 Å². The molecule has 13 heavy (non-hydrogen) atoms. The summed E-state index contributed by atoms with van der Waals surface area (Å²) >= 11 is 0. The SMILES string of the molecule is CC1CC2C(C)C(C)CC2[C@@H](C)C1. The topological polar surface area (TPSA) is 0 Å². The van der Waals surface area contributed by atoms with Gasteiger partial charge in [0, 0.05) is 0 Å². The molecule has 2 aliphatic carbocycles. The van der Waals surface area contributed by atoms with Crippen LogP contribution in [-0.4, -0.2) is 0 Å². The molecular formula is C13H24. The molecule has 5 unspecified atom stereocenters. The van der Waals surface area contributed by atoms with E-state index in [4.69, 9.17) is 0 Å². The van der Waals surface area contributed by atoms with Gasteiger partial charge in [-0.25, -0.2) is 0 Å². The van der Waals surface area contributed by atoms with Crippen molar-refractivity contribution in [2.45, 2.75) is 47.0 Å². The molecule has 0 aromatic carbocycles. The summed E-state index contributed by atoms with van der Waals surface area (Å²) in [5, 5.41) is 0. The Morgan fingerprint density at radius 2 is 1.38 bits per heavy atom. The first-order chi connectivity index (χ1) is 6.09. The minimum atomic E-state index is 0.989. The summed E-state index contributed by atoms with van der Waals surface area (Å²) in [6.45, 7) is 9.88. The van der Waals surface area contributed by atoms with Crippen LogP contribution in [0.25, 0.3) is 0 Å². The van der Waals surface area contributed by atoms with Gasteiger partial charge in [-0.1, -0.05) is 27.7 Å². The van der Waals surface area contributed by atoms with Gasteiger partial charge in [0.2, 0.25) is 0 Å². The molecule has 2 fully saturated rings. The van der Waals surface area contributed by atoms with Crippen LogP contribution >= 0.6 is 0 Å². The van der Waals surface area contributed by atoms with Gasteiger partial charge < -0.3 is 0 Å². The Morgan fingerprint density at radius 3 is 2.08 bits per heavy atom. The molecule has 6 atom stereocenters. The van der Waals surface area contributed by atoms with Crippen LogP contribution in [0.2, 0.25) is 0 Å². The van der Waals surface area contributed by atoms with E-state index in [2.05, 4.69) is 27.7 Å². The van der Waals surface area contributed by atoms with Gasteiger partial charge in [-0.2, -0.15) is 0 Å². The zero-order valence-corrected chi connectivity index (χ0v) is 9.59. The van der Waals surface area contributed by atoms with Crippen molar-refractivity contribution < 1.29 is 0 Å². The predicted octanol–water partition coefficient (Wildman–Crippen LogP) is 3.96. The highest BCUT2D eigenvalue weighted by Crippen LogP contribution is 2.52. The summed E-state index contributed by atoms with van der Waals surface area (Å²) in [5.74, 6) is 6.11. The molecule has 0 radical (unpaired) electrons. The molecule has 0 bridgehead atoms. The molecule has 0 amide bonds. The summed E-state index contributed by atoms with van der Waals surface area (Å²) in [6, 6.07) is 0. The second-order valence-electron chi connectivity index (χ2n) is 5.95. The number of fused-ring (bicyclic) bond motifs is 1. The minimum Gasteiger partial charge on any atom is -0.0625 e. The van der Waals surface area contributed by atoms with E-state index in [0.29, 0.717) is 0 Å². The maximum absolute atomic E-state index is 2.49. The minimum absolute atomic E-state index is 0.989. The third kappa shape index (κ3) is 1.53. The maximum Gasteiger partial charge on any atom is -0.0352 e. The highest BCUT2D eigenvalue weighted by Gasteiger charge is 2.43. The fourth-order valence-corrected chi connectivity index (χ4v) is 4.04. The Labute approximate surface area is 83.1 Å². The van der Waals surface area contributed by atoms with Crippen LogP contribution < -0.4 is 0 Å². The van der Waals surface area contributed by atoms with Crippen LogP contribution in [0.5, 0.6) is 0 Å². The Bertz CT molecular complexity index is 184. The van der Waals surface area contributed by atoms with Crippen LogP contribution in [0.3, 0.4) is 0 Å². The normalized spacial score (nSPS) is 56.3. The molecule has 0 aromatic heterocycles. The smallest absolute Gasteiger partial charge is 0.0352 e. The highest BCUT2D eigenvalue weighted by molar-refractivity contribution is 4.93. The Balaban J connectivity index is 2.12. The molecule has 2 rings (SSSR count). The summed E-state index contributed by atoms with van der Waals surface area (Å²) in [6.07, 6.45) is 4.51. The molecule has 0 heteroatoms. The fourth-order valence-electron chi connectivity index (χ4n) is 4.04. The average Bonchev–Trinajstić information content (AvgIpc) is 2.32. The van der Waals surface area contributed by atoms with Crippen LogP contribution in [-0.2, 0) is 0 Å². The van der Waals surface area contributed by atoms with Crippen molar-refractivity contribution in [3.63, 3.8) is 0 Å². The van der Waals surface area contributed by atoms with Crippen molar-refractivity contribution in [3.8, 4) is 0 Å². The van der Waals surface area contributed by atoms with Gasteiger partial charge in [-0.3, -0.25) is 0 Å². The molecular weight excluding hydrogens is 156 g/mol.